The van der Waals surface area contributed by atoms with Crippen LogP contribution in [0.3, 0.4) is 0 Å². The summed E-state index contributed by atoms with van der Waals surface area (Å²) in [4.78, 5) is 12.6. The van der Waals surface area contributed by atoms with Crippen molar-refractivity contribution < 1.29 is 0 Å². The van der Waals surface area contributed by atoms with Crippen molar-refractivity contribution >= 4 is 17.9 Å². The number of nitrogens with zero attached hydrogens (tertiary/aromatic N) is 6. The lowest BCUT2D eigenvalue weighted by Gasteiger charge is -2.01. The van der Waals surface area contributed by atoms with E-state index in [4.69, 9.17) is 0 Å². The van der Waals surface area contributed by atoms with Crippen molar-refractivity contribution in [3.63, 3.8) is 0 Å². The van der Waals surface area contributed by atoms with Crippen molar-refractivity contribution in [1.82, 2.24) is 24.3 Å². The van der Waals surface area contributed by atoms with E-state index in [1.54, 1.807) is 10.9 Å². The molecule has 2 aromatic heterocycles. The molecular formula is C9H6N6. The van der Waals surface area contributed by atoms with Gasteiger partial charge in [-0.3, -0.25) is 0 Å². The van der Waals surface area contributed by atoms with Crippen LogP contribution in [0.1, 0.15) is 11.4 Å². The van der Waals surface area contributed by atoms with Gasteiger partial charge in [-0.1, -0.05) is 0 Å². The molecular weight excluding hydrogens is 192 g/mol. The molecule has 2 aliphatic rings. The largest absolute Gasteiger partial charge is 0.325 e. The van der Waals surface area contributed by atoms with E-state index in [9.17, 15) is 0 Å². The Kier molecular flexibility index (Phi) is 1.05. The van der Waals surface area contributed by atoms with Crippen LogP contribution in [0.5, 0.6) is 0 Å². The molecule has 4 heterocycles. The third-order valence-electron chi connectivity index (χ3n) is 2.65. The van der Waals surface area contributed by atoms with Crippen molar-refractivity contribution in [2.75, 3.05) is 0 Å². The lowest BCUT2D eigenvalue weighted by molar-refractivity contribution is 0.832. The van der Waals surface area contributed by atoms with E-state index < -0.39 is 0 Å². The minimum atomic E-state index is 0.604. The van der Waals surface area contributed by atoms with Gasteiger partial charge in [0.2, 0.25) is 0 Å². The van der Waals surface area contributed by atoms with Crippen molar-refractivity contribution in [3.05, 3.63) is 30.1 Å². The summed E-state index contributed by atoms with van der Waals surface area (Å²) in [6.45, 7) is 0.838. The molecule has 15 heavy (non-hydrogen) atoms. The first-order valence-corrected chi connectivity index (χ1v) is 4.63. The van der Waals surface area contributed by atoms with Crippen molar-refractivity contribution in [2.45, 2.75) is 6.54 Å². The van der Waals surface area contributed by atoms with Gasteiger partial charge in [-0.2, -0.15) is 14.8 Å². The number of hydrogen-bond acceptors (Lipinski definition) is 4. The minimum Gasteiger partial charge on any atom is -0.325 e. The van der Waals surface area contributed by atoms with Crippen LogP contribution >= 0.6 is 0 Å². The molecule has 0 atom stereocenters. The van der Waals surface area contributed by atoms with Crippen LogP contribution in [0, 0.1) is 0 Å². The standard InChI is InChI=1S/C9H6N6/c1-2-14-5-12-6-3-10-9-11-4-13-15(9)7(1)8(6)14/h1,3-5H,2H2. The molecule has 0 bridgehead atoms. The Morgan fingerprint density at radius 1 is 1.27 bits per heavy atom. The molecule has 0 N–H and O–H groups in total. The molecule has 0 fully saturated rings. The second-order valence-electron chi connectivity index (χ2n) is 3.45. The van der Waals surface area contributed by atoms with E-state index in [-0.39, 0.29) is 0 Å². The summed E-state index contributed by atoms with van der Waals surface area (Å²) in [5, 5.41) is 4.16. The zero-order valence-corrected chi connectivity index (χ0v) is 7.70. The highest BCUT2D eigenvalue weighted by Gasteiger charge is 2.24. The Labute approximate surface area is 84.6 Å². The number of allylic oxidation sites excluding steroid dienone is 1. The zero-order valence-electron chi connectivity index (χ0n) is 7.70. The SMILES string of the molecule is C1=Nc2ncnn2C2=CCn3cnc1c32. The summed E-state index contributed by atoms with van der Waals surface area (Å²) in [6, 6.07) is 0. The number of rotatable bonds is 0. The molecule has 4 rings (SSSR count). The Morgan fingerprint density at radius 3 is 3.27 bits per heavy atom. The Balaban J connectivity index is 2.13. The van der Waals surface area contributed by atoms with Crippen LogP contribution < -0.4 is 0 Å². The number of imidazole rings is 1. The molecule has 0 radical (unpaired) electrons. The molecule has 72 valence electrons. The van der Waals surface area contributed by atoms with Crippen LogP contribution in [0.4, 0.5) is 5.95 Å². The van der Waals surface area contributed by atoms with E-state index in [1.807, 2.05) is 6.33 Å². The van der Waals surface area contributed by atoms with Gasteiger partial charge in [0.15, 0.2) is 0 Å². The van der Waals surface area contributed by atoms with E-state index in [0.29, 0.717) is 5.95 Å². The number of aromatic nitrogens is 5. The quantitative estimate of drug-likeness (QED) is 0.526. The van der Waals surface area contributed by atoms with E-state index in [2.05, 4.69) is 30.7 Å². The average molecular weight is 198 g/mol. The predicted molar refractivity (Wildman–Crippen MR) is 52.9 cm³/mol. The Morgan fingerprint density at radius 2 is 2.27 bits per heavy atom. The minimum absolute atomic E-state index is 0.604. The fraction of sp³-hybridized carbons (Fsp3) is 0.111. The van der Waals surface area contributed by atoms with Crippen molar-refractivity contribution in [1.29, 1.82) is 0 Å². The molecule has 0 amide bonds. The summed E-state index contributed by atoms with van der Waals surface area (Å²) < 4.78 is 3.82. The summed E-state index contributed by atoms with van der Waals surface area (Å²) in [6.07, 6.45) is 7.17. The van der Waals surface area contributed by atoms with Gasteiger partial charge in [-0.05, 0) is 6.08 Å². The molecule has 0 aliphatic carbocycles. The highest BCUT2D eigenvalue weighted by atomic mass is 15.4. The molecule has 2 aromatic rings. The number of fused-ring (bicyclic) bond motifs is 2. The first kappa shape index (κ1) is 7.10. The maximum atomic E-state index is 4.28. The average Bonchev–Trinajstić information content (AvgIpc) is 2.88. The van der Waals surface area contributed by atoms with Gasteiger partial charge in [0, 0.05) is 6.54 Å². The van der Waals surface area contributed by atoms with Crippen LogP contribution in [0.25, 0.3) is 5.70 Å². The molecule has 0 saturated heterocycles. The van der Waals surface area contributed by atoms with E-state index in [0.717, 1.165) is 23.6 Å². The number of hydrogen-bond donors (Lipinski definition) is 0. The molecule has 0 spiro atoms. The van der Waals surface area contributed by atoms with Gasteiger partial charge < -0.3 is 4.57 Å². The van der Waals surface area contributed by atoms with E-state index in [1.165, 1.54) is 6.33 Å². The molecule has 6 heteroatoms. The monoisotopic (exact) mass is 198 g/mol. The second kappa shape index (κ2) is 2.22. The third-order valence-corrected chi connectivity index (χ3v) is 2.65. The lowest BCUT2D eigenvalue weighted by atomic mass is 10.3. The maximum absolute atomic E-state index is 4.28. The molecule has 0 saturated carbocycles. The summed E-state index contributed by atoms with van der Waals surface area (Å²) in [5.74, 6) is 0.604. The summed E-state index contributed by atoms with van der Waals surface area (Å²) in [7, 11) is 0. The maximum Gasteiger partial charge on any atom is 0.252 e. The predicted octanol–water partition coefficient (Wildman–Crippen LogP) is 0.441. The summed E-state index contributed by atoms with van der Waals surface area (Å²) >= 11 is 0. The molecule has 6 nitrogen and oxygen atoms in total. The van der Waals surface area contributed by atoms with E-state index >= 15 is 0 Å². The zero-order chi connectivity index (χ0) is 9.83. The molecule has 2 aliphatic heterocycles. The molecule has 0 unspecified atom stereocenters. The van der Waals surface area contributed by atoms with Gasteiger partial charge in [0.25, 0.3) is 5.95 Å². The van der Waals surface area contributed by atoms with Crippen molar-refractivity contribution in [3.8, 4) is 0 Å². The van der Waals surface area contributed by atoms with Gasteiger partial charge in [-0.25, -0.2) is 9.98 Å². The topological polar surface area (TPSA) is 60.9 Å². The van der Waals surface area contributed by atoms with Crippen molar-refractivity contribution in [2.24, 2.45) is 4.99 Å². The van der Waals surface area contributed by atoms with Crippen LogP contribution in [-0.4, -0.2) is 30.5 Å². The normalized spacial score (nSPS) is 15.9. The van der Waals surface area contributed by atoms with Crippen LogP contribution in [-0.2, 0) is 6.54 Å². The fourth-order valence-electron chi connectivity index (χ4n) is 1.99. The smallest absolute Gasteiger partial charge is 0.252 e. The Hall–Kier alpha value is -2.24. The number of aliphatic imine (C=N–C) groups is 1. The highest BCUT2D eigenvalue weighted by molar-refractivity contribution is 5.89. The van der Waals surface area contributed by atoms with Gasteiger partial charge in [-0.15, -0.1) is 0 Å². The highest BCUT2D eigenvalue weighted by Crippen LogP contribution is 2.29. The molecule has 0 aromatic carbocycles. The fourth-order valence-corrected chi connectivity index (χ4v) is 1.99. The first-order valence-electron chi connectivity index (χ1n) is 4.63. The third kappa shape index (κ3) is 0.746. The first-order chi connectivity index (χ1) is 7.43. The van der Waals surface area contributed by atoms with Gasteiger partial charge in [0.05, 0.1) is 23.9 Å². The van der Waals surface area contributed by atoms with Crippen LogP contribution in [0.2, 0.25) is 0 Å². The van der Waals surface area contributed by atoms with Crippen LogP contribution in [0.15, 0.2) is 23.7 Å². The van der Waals surface area contributed by atoms with Gasteiger partial charge in [0.1, 0.15) is 12.0 Å². The summed E-state index contributed by atoms with van der Waals surface area (Å²) in [5.41, 5.74) is 2.97. The second-order valence-corrected chi connectivity index (χ2v) is 3.45. The van der Waals surface area contributed by atoms with Gasteiger partial charge >= 0.3 is 0 Å². The lowest BCUT2D eigenvalue weighted by Crippen LogP contribution is -2.00. The Bertz CT molecular complexity index is 614.